The van der Waals surface area contributed by atoms with E-state index in [4.69, 9.17) is 10.5 Å². The third-order valence-electron chi connectivity index (χ3n) is 2.91. The van der Waals surface area contributed by atoms with Crippen LogP contribution in [0.1, 0.15) is 35.3 Å². The van der Waals surface area contributed by atoms with Crippen molar-refractivity contribution in [3.8, 4) is 0 Å². The number of esters is 1. The molecule has 2 heterocycles. The molecule has 0 spiro atoms. The molecule has 0 radical (unpaired) electrons. The summed E-state index contributed by atoms with van der Waals surface area (Å²) in [6.45, 7) is 2.83. The Labute approximate surface area is 122 Å². The van der Waals surface area contributed by atoms with Gasteiger partial charge in [0.05, 0.1) is 6.61 Å². The molecule has 0 amide bonds. The summed E-state index contributed by atoms with van der Waals surface area (Å²) in [5, 5.41) is 5.85. The van der Waals surface area contributed by atoms with Crippen molar-refractivity contribution in [1.82, 2.24) is 10.3 Å². The van der Waals surface area contributed by atoms with E-state index in [0.29, 0.717) is 18.8 Å². The Balaban J connectivity index is 2.08. The summed E-state index contributed by atoms with van der Waals surface area (Å²) in [5.74, 6) is -0.367. The topological polar surface area (TPSA) is 77.2 Å². The molecule has 2 rings (SSSR count). The summed E-state index contributed by atoms with van der Waals surface area (Å²) in [7, 11) is 0. The lowest BCUT2D eigenvalue weighted by atomic mass is 10.1. The number of thiazole rings is 1. The van der Waals surface area contributed by atoms with Gasteiger partial charge in [0.1, 0.15) is 5.01 Å². The van der Waals surface area contributed by atoms with Gasteiger partial charge in [-0.2, -0.15) is 0 Å². The van der Waals surface area contributed by atoms with Crippen LogP contribution in [0.15, 0.2) is 23.7 Å². The van der Waals surface area contributed by atoms with Crippen LogP contribution in [0.2, 0.25) is 0 Å². The second-order valence-electron chi connectivity index (χ2n) is 4.42. The number of hydrogen-bond donors (Lipinski definition) is 2. The lowest BCUT2D eigenvalue weighted by Crippen LogP contribution is -2.25. The molecule has 3 N–H and O–H groups in total. The van der Waals surface area contributed by atoms with Crippen molar-refractivity contribution < 1.29 is 9.53 Å². The largest absolute Gasteiger partial charge is 0.461 e. The Hall–Kier alpha value is -1.66. The van der Waals surface area contributed by atoms with Crippen LogP contribution in [0.4, 0.5) is 0 Å². The molecule has 6 heteroatoms. The number of ether oxygens (including phenoxy) is 1. The van der Waals surface area contributed by atoms with Gasteiger partial charge < -0.3 is 15.8 Å². The number of carbonyl (C=O) groups is 1. The lowest BCUT2D eigenvalue weighted by Gasteiger charge is -2.17. The maximum atomic E-state index is 11.6. The van der Waals surface area contributed by atoms with Gasteiger partial charge in [0.15, 0.2) is 5.69 Å². The van der Waals surface area contributed by atoms with E-state index in [9.17, 15) is 4.79 Å². The number of carbonyl (C=O) groups excluding carboxylic acids is 1. The number of aromatic nitrogens is 1. The van der Waals surface area contributed by atoms with Crippen molar-refractivity contribution in [3.63, 3.8) is 0 Å². The summed E-state index contributed by atoms with van der Waals surface area (Å²) in [6.07, 6.45) is 7.97. The Morgan fingerprint density at radius 1 is 1.60 bits per heavy atom. The van der Waals surface area contributed by atoms with Gasteiger partial charge in [0.2, 0.25) is 0 Å². The summed E-state index contributed by atoms with van der Waals surface area (Å²) < 4.78 is 4.94. The highest BCUT2D eigenvalue weighted by Crippen LogP contribution is 2.24. The van der Waals surface area contributed by atoms with Crippen LogP contribution >= 0.6 is 11.3 Å². The fraction of sp³-hybridized carbons (Fsp3) is 0.429. The second-order valence-corrected chi connectivity index (χ2v) is 5.28. The van der Waals surface area contributed by atoms with E-state index >= 15 is 0 Å². The predicted octanol–water partition coefficient (Wildman–Crippen LogP) is 1.93. The van der Waals surface area contributed by atoms with Crippen LogP contribution < -0.4 is 11.1 Å². The van der Waals surface area contributed by atoms with E-state index < -0.39 is 0 Å². The van der Waals surface area contributed by atoms with Crippen molar-refractivity contribution in [1.29, 1.82) is 0 Å². The number of allylic oxidation sites excluding steroid dienone is 2. The van der Waals surface area contributed by atoms with Crippen LogP contribution in [0, 0.1) is 0 Å². The molecule has 0 fully saturated rings. The van der Waals surface area contributed by atoms with Crippen molar-refractivity contribution >= 4 is 22.9 Å². The highest BCUT2D eigenvalue weighted by atomic mass is 32.1. The molecule has 5 nitrogen and oxygen atoms in total. The lowest BCUT2D eigenvalue weighted by molar-refractivity contribution is 0.0520. The van der Waals surface area contributed by atoms with Crippen LogP contribution in [-0.4, -0.2) is 30.1 Å². The van der Waals surface area contributed by atoms with Gasteiger partial charge in [-0.15, -0.1) is 11.3 Å². The SMILES string of the molecule is CCOC(=O)c1csc(C2=CC(CCCN)NC=C2)n1. The minimum absolute atomic E-state index is 0.272. The molecule has 1 aromatic rings. The van der Waals surface area contributed by atoms with Crippen LogP contribution in [0.25, 0.3) is 5.57 Å². The van der Waals surface area contributed by atoms with E-state index in [1.807, 2.05) is 12.3 Å². The Kier molecular flexibility index (Phi) is 5.31. The molecule has 20 heavy (non-hydrogen) atoms. The maximum Gasteiger partial charge on any atom is 0.357 e. The van der Waals surface area contributed by atoms with Crippen LogP contribution in [0.5, 0.6) is 0 Å². The molecule has 1 unspecified atom stereocenters. The molecule has 1 aliphatic heterocycles. The van der Waals surface area contributed by atoms with Crippen molar-refractivity contribution in [2.75, 3.05) is 13.2 Å². The maximum absolute atomic E-state index is 11.6. The third kappa shape index (κ3) is 3.68. The zero-order valence-electron chi connectivity index (χ0n) is 11.5. The zero-order valence-corrected chi connectivity index (χ0v) is 12.3. The molecule has 0 bridgehead atoms. The van der Waals surface area contributed by atoms with E-state index in [0.717, 1.165) is 23.4 Å². The second kappa shape index (κ2) is 7.21. The minimum atomic E-state index is -0.367. The first-order chi connectivity index (χ1) is 9.74. The number of nitrogens with zero attached hydrogens (tertiary/aromatic N) is 1. The van der Waals surface area contributed by atoms with E-state index in [1.54, 1.807) is 12.3 Å². The van der Waals surface area contributed by atoms with Crippen molar-refractivity contribution in [3.05, 3.63) is 34.4 Å². The molecule has 0 saturated carbocycles. The molecule has 108 valence electrons. The predicted molar refractivity (Wildman–Crippen MR) is 80.4 cm³/mol. The van der Waals surface area contributed by atoms with E-state index in [1.165, 1.54) is 11.3 Å². The number of nitrogens with one attached hydrogen (secondary N) is 1. The van der Waals surface area contributed by atoms with Gasteiger partial charge in [0.25, 0.3) is 0 Å². The molecular formula is C14H19N3O2S. The number of hydrogen-bond acceptors (Lipinski definition) is 6. The highest BCUT2D eigenvalue weighted by molar-refractivity contribution is 7.11. The molecule has 0 saturated heterocycles. The fourth-order valence-corrected chi connectivity index (χ4v) is 2.73. The summed E-state index contributed by atoms with van der Waals surface area (Å²) in [6, 6.07) is 0.272. The molecular weight excluding hydrogens is 274 g/mol. The molecule has 0 aromatic carbocycles. The van der Waals surface area contributed by atoms with Gasteiger partial charge in [0, 0.05) is 17.0 Å². The van der Waals surface area contributed by atoms with Gasteiger partial charge in [-0.3, -0.25) is 0 Å². The highest BCUT2D eigenvalue weighted by Gasteiger charge is 2.15. The Morgan fingerprint density at radius 3 is 3.20 bits per heavy atom. The quantitative estimate of drug-likeness (QED) is 0.784. The summed E-state index contributed by atoms with van der Waals surface area (Å²) >= 11 is 1.45. The van der Waals surface area contributed by atoms with E-state index in [-0.39, 0.29) is 12.0 Å². The van der Waals surface area contributed by atoms with Crippen molar-refractivity contribution in [2.45, 2.75) is 25.8 Å². The Bertz CT molecular complexity index is 522. The summed E-state index contributed by atoms with van der Waals surface area (Å²) in [4.78, 5) is 15.9. The normalized spacial score (nSPS) is 17.5. The molecule has 1 aliphatic rings. The van der Waals surface area contributed by atoms with E-state index in [2.05, 4.69) is 16.4 Å². The monoisotopic (exact) mass is 293 g/mol. The third-order valence-corrected chi connectivity index (χ3v) is 3.80. The van der Waals surface area contributed by atoms with Crippen LogP contribution in [0.3, 0.4) is 0 Å². The first-order valence-corrected chi connectivity index (χ1v) is 7.60. The van der Waals surface area contributed by atoms with Gasteiger partial charge >= 0.3 is 5.97 Å². The summed E-state index contributed by atoms with van der Waals surface area (Å²) in [5.41, 5.74) is 6.94. The van der Waals surface area contributed by atoms with Gasteiger partial charge in [-0.25, -0.2) is 9.78 Å². The number of rotatable bonds is 6. The number of nitrogens with two attached hydrogens (primary N) is 1. The smallest absolute Gasteiger partial charge is 0.357 e. The first-order valence-electron chi connectivity index (χ1n) is 6.72. The van der Waals surface area contributed by atoms with Crippen molar-refractivity contribution in [2.24, 2.45) is 5.73 Å². The van der Waals surface area contributed by atoms with Gasteiger partial charge in [-0.05, 0) is 38.6 Å². The number of dihydropyridines is 1. The first kappa shape index (κ1) is 14.7. The van der Waals surface area contributed by atoms with Gasteiger partial charge in [-0.1, -0.05) is 6.08 Å². The molecule has 1 atom stereocenters. The molecule has 0 aliphatic carbocycles. The Morgan fingerprint density at radius 2 is 2.45 bits per heavy atom. The zero-order chi connectivity index (χ0) is 14.4. The average molecular weight is 293 g/mol. The standard InChI is InChI=1S/C14H19N3O2S/c1-2-19-14(18)12-9-20-13(17-12)10-5-7-16-11(8-10)4-3-6-15/h5,7-9,11,16H,2-4,6,15H2,1H3. The minimum Gasteiger partial charge on any atom is -0.461 e. The van der Waals surface area contributed by atoms with Crippen LogP contribution in [-0.2, 0) is 4.74 Å². The fourth-order valence-electron chi connectivity index (χ4n) is 1.93. The average Bonchev–Trinajstić information content (AvgIpc) is 2.95. The molecule has 1 aromatic heterocycles.